The van der Waals surface area contributed by atoms with Gasteiger partial charge in [0.15, 0.2) is 0 Å². The summed E-state index contributed by atoms with van der Waals surface area (Å²) in [7, 11) is 1.56. The molecule has 2 rings (SSSR count). The van der Waals surface area contributed by atoms with Gasteiger partial charge in [-0.1, -0.05) is 0 Å². The molecule has 20 heavy (non-hydrogen) atoms. The van der Waals surface area contributed by atoms with Crippen LogP contribution in [-0.2, 0) is 6.54 Å². The average Bonchev–Trinajstić information content (AvgIpc) is 2.49. The molecule has 0 aliphatic carbocycles. The molecule has 0 saturated heterocycles. The zero-order valence-corrected chi connectivity index (χ0v) is 11.0. The lowest BCUT2D eigenvalue weighted by Gasteiger charge is -2.08. The molecule has 0 fully saturated rings. The quantitative estimate of drug-likeness (QED) is 0.900. The second kappa shape index (κ2) is 6.16. The highest BCUT2D eigenvalue weighted by atomic mass is 19.1. The number of ether oxygens (including phenoxy) is 1. The summed E-state index contributed by atoms with van der Waals surface area (Å²) in [6.45, 7) is 0.0814. The molecule has 0 spiro atoms. The third-order valence-electron chi connectivity index (χ3n) is 2.88. The molecule has 104 valence electrons. The first-order valence-electron chi connectivity index (χ1n) is 6.08. The Morgan fingerprint density at radius 1 is 1.25 bits per heavy atom. The zero-order chi connectivity index (χ0) is 14.5. The minimum absolute atomic E-state index is 0.0814. The van der Waals surface area contributed by atoms with E-state index in [2.05, 4.69) is 5.32 Å². The van der Waals surface area contributed by atoms with Crippen molar-refractivity contribution in [3.05, 3.63) is 59.4 Å². The van der Waals surface area contributed by atoms with E-state index in [0.717, 1.165) is 0 Å². The second-order valence-electron chi connectivity index (χ2n) is 4.19. The maximum Gasteiger partial charge on any atom is 0.255 e. The molecule has 0 aliphatic heterocycles. The summed E-state index contributed by atoms with van der Waals surface area (Å²) in [6, 6.07) is 11.0. The largest absolute Gasteiger partial charge is 0.497 e. The molecule has 0 radical (unpaired) electrons. The molecule has 1 amide bonds. The zero-order valence-electron chi connectivity index (χ0n) is 11.0. The highest BCUT2D eigenvalue weighted by molar-refractivity contribution is 6.04. The van der Waals surface area contributed by atoms with Gasteiger partial charge in [0.05, 0.1) is 7.11 Å². The molecule has 2 aromatic rings. The lowest BCUT2D eigenvalue weighted by molar-refractivity contribution is 0.102. The van der Waals surface area contributed by atoms with E-state index in [-0.39, 0.29) is 18.3 Å². The number of benzene rings is 2. The number of anilines is 1. The number of nitrogens with two attached hydrogens (primary N) is 1. The van der Waals surface area contributed by atoms with Gasteiger partial charge in [-0.2, -0.15) is 0 Å². The van der Waals surface area contributed by atoms with E-state index in [1.165, 1.54) is 18.2 Å². The summed E-state index contributed by atoms with van der Waals surface area (Å²) >= 11 is 0. The van der Waals surface area contributed by atoms with Crippen LogP contribution in [0.5, 0.6) is 5.75 Å². The number of carbonyl (C=O) groups is 1. The van der Waals surface area contributed by atoms with Crippen molar-refractivity contribution in [3.8, 4) is 5.75 Å². The lowest BCUT2D eigenvalue weighted by Crippen LogP contribution is -2.12. The van der Waals surface area contributed by atoms with Crippen molar-refractivity contribution < 1.29 is 13.9 Å². The van der Waals surface area contributed by atoms with Crippen molar-refractivity contribution in [3.63, 3.8) is 0 Å². The van der Waals surface area contributed by atoms with Crippen molar-refractivity contribution in [1.29, 1.82) is 0 Å². The summed E-state index contributed by atoms with van der Waals surface area (Å²) in [5.74, 6) is 0.0194. The van der Waals surface area contributed by atoms with Crippen LogP contribution in [0.3, 0.4) is 0 Å². The summed E-state index contributed by atoms with van der Waals surface area (Å²) < 4.78 is 18.3. The van der Waals surface area contributed by atoms with Crippen LogP contribution in [0.4, 0.5) is 10.1 Å². The fourth-order valence-electron chi connectivity index (χ4n) is 1.75. The van der Waals surface area contributed by atoms with Crippen molar-refractivity contribution in [2.75, 3.05) is 12.4 Å². The van der Waals surface area contributed by atoms with Crippen LogP contribution in [-0.4, -0.2) is 13.0 Å². The molecular weight excluding hydrogens is 259 g/mol. The van der Waals surface area contributed by atoms with Crippen molar-refractivity contribution in [1.82, 2.24) is 0 Å². The topological polar surface area (TPSA) is 64.3 Å². The number of hydrogen-bond acceptors (Lipinski definition) is 3. The number of rotatable bonds is 4. The average molecular weight is 274 g/mol. The third-order valence-corrected chi connectivity index (χ3v) is 2.88. The third kappa shape index (κ3) is 3.13. The highest BCUT2D eigenvalue weighted by Crippen LogP contribution is 2.16. The van der Waals surface area contributed by atoms with Gasteiger partial charge in [-0.3, -0.25) is 4.79 Å². The Morgan fingerprint density at radius 3 is 2.55 bits per heavy atom. The van der Waals surface area contributed by atoms with E-state index in [1.54, 1.807) is 31.4 Å². The van der Waals surface area contributed by atoms with Crippen molar-refractivity contribution in [2.45, 2.75) is 6.54 Å². The normalized spacial score (nSPS) is 10.2. The van der Waals surface area contributed by atoms with E-state index in [1.807, 2.05) is 0 Å². The van der Waals surface area contributed by atoms with E-state index in [9.17, 15) is 9.18 Å². The molecule has 5 heteroatoms. The molecule has 4 nitrogen and oxygen atoms in total. The van der Waals surface area contributed by atoms with Crippen LogP contribution >= 0.6 is 0 Å². The van der Waals surface area contributed by atoms with Gasteiger partial charge < -0.3 is 15.8 Å². The molecular formula is C15H15FN2O2. The summed E-state index contributed by atoms with van der Waals surface area (Å²) in [5, 5.41) is 2.70. The van der Waals surface area contributed by atoms with Crippen molar-refractivity contribution >= 4 is 11.6 Å². The molecule has 0 heterocycles. The minimum Gasteiger partial charge on any atom is -0.497 e. The monoisotopic (exact) mass is 274 g/mol. The number of hydrogen-bond donors (Lipinski definition) is 2. The fourth-order valence-corrected chi connectivity index (χ4v) is 1.75. The first kappa shape index (κ1) is 14.0. The summed E-state index contributed by atoms with van der Waals surface area (Å²) in [6.07, 6.45) is 0. The lowest BCUT2D eigenvalue weighted by atomic mass is 10.1. The van der Waals surface area contributed by atoms with Crippen LogP contribution in [0.1, 0.15) is 15.9 Å². The van der Waals surface area contributed by atoms with Gasteiger partial charge in [-0.05, 0) is 42.5 Å². The summed E-state index contributed by atoms with van der Waals surface area (Å²) in [4.78, 5) is 12.0. The molecule has 0 atom stereocenters. The highest BCUT2D eigenvalue weighted by Gasteiger charge is 2.08. The molecule has 0 unspecified atom stereocenters. The van der Waals surface area contributed by atoms with E-state index < -0.39 is 0 Å². The molecule has 0 saturated carbocycles. The van der Waals surface area contributed by atoms with Gasteiger partial charge >= 0.3 is 0 Å². The van der Waals surface area contributed by atoms with Crippen LogP contribution in [0.2, 0.25) is 0 Å². The predicted octanol–water partition coefficient (Wildman–Crippen LogP) is 2.55. The van der Waals surface area contributed by atoms with Gasteiger partial charge in [0, 0.05) is 23.4 Å². The smallest absolute Gasteiger partial charge is 0.255 e. The Hall–Kier alpha value is -2.40. The first-order chi connectivity index (χ1) is 9.63. The van der Waals surface area contributed by atoms with E-state index in [0.29, 0.717) is 22.6 Å². The maximum atomic E-state index is 13.3. The first-order valence-corrected chi connectivity index (χ1v) is 6.08. The molecule has 3 N–H and O–H groups in total. The number of nitrogens with one attached hydrogen (secondary N) is 1. The summed E-state index contributed by atoms with van der Waals surface area (Å²) in [5.41, 5.74) is 6.78. The Morgan fingerprint density at radius 2 is 1.95 bits per heavy atom. The Kier molecular flexibility index (Phi) is 4.32. The van der Waals surface area contributed by atoms with Gasteiger partial charge in [-0.25, -0.2) is 4.39 Å². The SMILES string of the molecule is COc1ccc(C(=O)Nc2ccc(F)c(CN)c2)cc1. The number of carbonyl (C=O) groups excluding carboxylic acids is 1. The fraction of sp³-hybridized carbons (Fsp3) is 0.133. The standard InChI is InChI=1S/C15H15FN2O2/c1-20-13-5-2-10(3-6-13)15(19)18-12-4-7-14(16)11(8-12)9-17/h2-8H,9,17H2,1H3,(H,18,19). The maximum absolute atomic E-state index is 13.3. The van der Waals surface area contributed by atoms with Crippen LogP contribution in [0, 0.1) is 5.82 Å². The van der Waals surface area contributed by atoms with Crippen LogP contribution in [0.15, 0.2) is 42.5 Å². The van der Waals surface area contributed by atoms with Gasteiger partial charge in [-0.15, -0.1) is 0 Å². The molecule has 0 aliphatic rings. The van der Waals surface area contributed by atoms with Crippen molar-refractivity contribution in [2.24, 2.45) is 5.73 Å². The van der Waals surface area contributed by atoms with Gasteiger partial charge in [0.25, 0.3) is 5.91 Å². The molecule has 0 aromatic heterocycles. The van der Waals surface area contributed by atoms with Crippen LogP contribution < -0.4 is 15.8 Å². The Balaban J connectivity index is 2.14. The van der Waals surface area contributed by atoms with E-state index >= 15 is 0 Å². The minimum atomic E-state index is -0.380. The van der Waals surface area contributed by atoms with Gasteiger partial charge in [0.1, 0.15) is 11.6 Å². The predicted molar refractivity (Wildman–Crippen MR) is 75.2 cm³/mol. The number of halogens is 1. The Bertz CT molecular complexity index is 612. The van der Waals surface area contributed by atoms with Crippen LogP contribution in [0.25, 0.3) is 0 Å². The van der Waals surface area contributed by atoms with Gasteiger partial charge in [0.2, 0.25) is 0 Å². The Labute approximate surface area is 116 Å². The number of amides is 1. The molecule has 2 aromatic carbocycles. The molecule has 0 bridgehead atoms. The number of methoxy groups -OCH3 is 1. The van der Waals surface area contributed by atoms with E-state index in [4.69, 9.17) is 10.5 Å². The second-order valence-corrected chi connectivity index (χ2v) is 4.19.